The van der Waals surface area contributed by atoms with Crippen LogP contribution in [-0.2, 0) is 14.3 Å². The molecule has 0 spiro atoms. The Balaban J connectivity index is 2.52. The van der Waals surface area contributed by atoms with Crippen molar-refractivity contribution in [2.75, 3.05) is 7.11 Å². The Kier molecular flexibility index (Phi) is 2.65. The van der Waals surface area contributed by atoms with Gasteiger partial charge in [0.2, 0.25) is 0 Å². The topological polar surface area (TPSA) is 35.5 Å². The van der Waals surface area contributed by atoms with Crippen LogP contribution in [0.5, 0.6) is 0 Å². The maximum absolute atomic E-state index is 10.9. The molecule has 0 aliphatic carbocycles. The van der Waals surface area contributed by atoms with Crippen LogP contribution in [0.25, 0.3) is 0 Å². The van der Waals surface area contributed by atoms with Gasteiger partial charge in [0.15, 0.2) is 6.10 Å². The maximum Gasteiger partial charge on any atom is 0.339 e. The fraction of sp³-hybridized carbons (Fsp3) is 0.625. The summed E-state index contributed by atoms with van der Waals surface area (Å²) in [6.45, 7) is 1.93. The normalized spacial score (nSPS) is 30.0. The maximum atomic E-state index is 10.9. The van der Waals surface area contributed by atoms with Gasteiger partial charge in [0, 0.05) is 0 Å². The summed E-state index contributed by atoms with van der Waals surface area (Å²) in [7, 11) is 1.36. The molecule has 0 saturated carbocycles. The van der Waals surface area contributed by atoms with Gasteiger partial charge in [0.1, 0.15) is 0 Å². The molecule has 11 heavy (non-hydrogen) atoms. The van der Waals surface area contributed by atoms with E-state index in [1.165, 1.54) is 7.11 Å². The van der Waals surface area contributed by atoms with Gasteiger partial charge >= 0.3 is 5.97 Å². The van der Waals surface area contributed by atoms with Gasteiger partial charge in [0.25, 0.3) is 0 Å². The Morgan fingerprint density at radius 3 is 3.00 bits per heavy atom. The van der Waals surface area contributed by atoms with Crippen LogP contribution in [0.4, 0.5) is 0 Å². The summed E-state index contributed by atoms with van der Waals surface area (Å²) >= 11 is 0. The van der Waals surface area contributed by atoms with Crippen molar-refractivity contribution in [1.82, 2.24) is 0 Å². The zero-order valence-electron chi connectivity index (χ0n) is 6.74. The van der Waals surface area contributed by atoms with Crippen LogP contribution in [0.2, 0.25) is 0 Å². The molecule has 0 saturated heterocycles. The van der Waals surface area contributed by atoms with Crippen LogP contribution < -0.4 is 0 Å². The molecule has 1 aliphatic rings. The van der Waals surface area contributed by atoms with Crippen molar-refractivity contribution in [3.8, 4) is 0 Å². The van der Waals surface area contributed by atoms with Crippen molar-refractivity contribution in [3.05, 3.63) is 12.2 Å². The SMILES string of the molecule is COC(=O)[C@H]1C=CC[C@@H](C)O1. The minimum Gasteiger partial charge on any atom is -0.467 e. The molecule has 3 nitrogen and oxygen atoms in total. The van der Waals surface area contributed by atoms with Gasteiger partial charge in [-0.1, -0.05) is 6.08 Å². The number of hydrogen-bond donors (Lipinski definition) is 0. The summed E-state index contributed by atoms with van der Waals surface area (Å²) in [5, 5.41) is 0. The minimum absolute atomic E-state index is 0.115. The fourth-order valence-corrected chi connectivity index (χ4v) is 0.995. The van der Waals surface area contributed by atoms with Gasteiger partial charge in [-0.25, -0.2) is 4.79 Å². The summed E-state index contributed by atoms with van der Waals surface area (Å²) in [4.78, 5) is 10.9. The van der Waals surface area contributed by atoms with Crippen LogP contribution in [0.3, 0.4) is 0 Å². The Morgan fingerprint density at radius 2 is 2.45 bits per heavy atom. The monoisotopic (exact) mass is 156 g/mol. The molecule has 0 aromatic heterocycles. The molecule has 62 valence electrons. The van der Waals surface area contributed by atoms with Crippen molar-refractivity contribution in [2.24, 2.45) is 0 Å². The second-order valence-corrected chi connectivity index (χ2v) is 2.55. The highest BCUT2D eigenvalue weighted by Crippen LogP contribution is 2.12. The summed E-state index contributed by atoms with van der Waals surface area (Å²) < 4.78 is 9.80. The first kappa shape index (κ1) is 8.27. The van der Waals surface area contributed by atoms with E-state index >= 15 is 0 Å². The third-order valence-electron chi connectivity index (χ3n) is 1.59. The lowest BCUT2D eigenvalue weighted by atomic mass is 10.2. The number of esters is 1. The number of carbonyl (C=O) groups excluding carboxylic acids is 1. The lowest BCUT2D eigenvalue weighted by molar-refractivity contribution is -0.154. The van der Waals surface area contributed by atoms with Gasteiger partial charge < -0.3 is 9.47 Å². The van der Waals surface area contributed by atoms with Gasteiger partial charge in [-0.15, -0.1) is 0 Å². The van der Waals surface area contributed by atoms with E-state index in [-0.39, 0.29) is 12.1 Å². The Labute approximate surface area is 66.0 Å². The van der Waals surface area contributed by atoms with Crippen molar-refractivity contribution in [1.29, 1.82) is 0 Å². The molecule has 0 amide bonds. The predicted octanol–water partition coefficient (Wildman–Crippen LogP) is 0.893. The molecule has 0 N–H and O–H groups in total. The van der Waals surface area contributed by atoms with E-state index in [1.54, 1.807) is 6.08 Å². The molecule has 3 heteroatoms. The van der Waals surface area contributed by atoms with Crippen molar-refractivity contribution in [3.63, 3.8) is 0 Å². The molecule has 0 radical (unpaired) electrons. The van der Waals surface area contributed by atoms with Crippen LogP contribution >= 0.6 is 0 Å². The van der Waals surface area contributed by atoms with Crippen molar-refractivity contribution >= 4 is 5.97 Å². The third kappa shape index (κ3) is 2.05. The molecule has 0 unspecified atom stereocenters. The third-order valence-corrected chi connectivity index (χ3v) is 1.59. The molecular weight excluding hydrogens is 144 g/mol. The van der Waals surface area contributed by atoms with Crippen LogP contribution in [0.1, 0.15) is 13.3 Å². The van der Waals surface area contributed by atoms with E-state index in [2.05, 4.69) is 4.74 Å². The first-order valence-electron chi connectivity index (χ1n) is 3.64. The second kappa shape index (κ2) is 3.53. The number of rotatable bonds is 1. The fourth-order valence-electron chi connectivity index (χ4n) is 0.995. The highest BCUT2D eigenvalue weighted by molar-refractivity contribution is 5.76. The summed E-state index contributed by atoms with van der Waals surface area (Å²) in [6, 6.07) is 0. The van der Waals surface area contributed by atoms with Gasteiger partial charge in [-0.3, -0.25) is 0 Å². The van der Waals surface area contributed by atoms with E-state index in [4.69, 9.17) is 4.74 Å². The Hall–Kier alpha value is -0.830. The first-order valence-corrected chi connectivity index (χ1v) is 3.64. The van der Waals surface area contributed by atoms with E-state index in [0.29, 0.717) is 0 Å². The Bertz CT molecular complexity index is 174. The minimum atomic E-state index is -0.497. The molecule has 1 aliphatic heterocycles. The second-order valence-electron chi connectivity index (χ2n) is 2.55. The molecule has 2 atom stereocenters. The zero-order chi connectivity index (χ0) is 8.27. The molecule has 0 bridgehead atoms. The summed E-state index contributed by atoms with van der Waals surface area (Å²) in [5.74, 6) is -0.326. The smallest absolute Gasteiger partial charge is 0.339 e. The average Bonchev–Trinajstić information content (AvgIpc) is 2.03. The summed E-state index contributed by atoms with van der Waals surface area (Å²) in [5.41, 5.74) is 0. The zero-order valence-corrected chi connectivity index (χ0v) is 6.74. The lowest BCUT2D eigenvalue weighted by Gasteiger charge is -2.20. The molecule has 0 aromatic carbocycles. The number of carbonyl (C=O) groups is 1. The highest BCUT2D eigenvalue weighted by atomic mass is 16.6. The molecule has 1 heterocycles. The number of hydrogen-bond acceptors (Lipinski definition) is 3. The first-order chi connectivity index (χ1) is 5.24. The van der Waals surface area contributed by atoms with E-state index in [9.17, 15) is 4.79 Å². The lowest BCUT2D eigenvalue weighted by Crippen LogP contribution is -2.29. The van der Waals surface area contributed by atoms with Crippen molar-refractivity contribution in [2.45, 2.75) is 25.6 Å². The predicted molar refractivity (Wildman–Crippen MR) is 40.1 cm³/mol. The summed E-state index contributed by atoms with van der Waals surface area (Å²) in [6.07, 6.45) is 4.16. The van der Waals surface area contributed by atoms with E-state index < -0.39 is 6.10 Å². The van der Waals surface area contributed by atoms with Gasteiger partial charge in [-0.2, -0.15) is 0 Å². The Morgan fingerprint density at radius 1 is 1.73 bits per heavy atom. The van der Waals surface area contributed by atoms with Gasteiger partial charge in [-0.05, 0) is 19.4 Å². The van der Waals surface area contributed by atoms with Crippen LogP contribution in [-0.4, -0.2) is 25.3 Å². The highest BCUT2D eigenvalue weighted by Gasteiger charge is 2.21. The molecule has 0 aromatic rings. The van der Waals surface area contributed by atoms with E-state index in [1.807, 2.05) is 13.0 Å². The van der Waals surface area contributed by atoms with Gasteiger partial charge in [0.05, 0.1) is 13.2 Å². The van der Waals surface area contributed by atoms with Crippen molar-refractivity contribution < 1.29 is 14.3 Å². The standard InChI is InChI=1S/C8H12O3/c1-6-4-3-5-7(11-6)8(9)10-2/h3,5-7H,4H2,1-2H3/t6-,7-/m1/s1. The number of methoxy groups -OCH3 is 1. The number of ether oxygens (including phenoxy) is 2. The molecule has 0 fully saturated rings. The van der Waals surface area contributed by atoms with Crippen LogP contribution in [0, 0.1) is 0 Å². The van der Waals surface area contributed by atoms with Crippen LogP contribution in [0.15, 0.2) is 12.2 Å². The molecular formula is C8H12O3. The molecule has 1 rings (SSSR count). The van der Waals surface area contributed by atoms with E-state index in [0.717, 1.165) is 6.42 Å². The average molecular weight is 156 g/mol. The largest absolute Gasteiger partial charge is 0.467 e. The quantitative estimate of drug-likeness (QED) is 0.418.